The van der Waals surface area contributed by atoms with E-state index in [1.807, 2.05) is 36.4 Å². The molecule has 0 saturated carbocycles. The predicted octanol–water partition coefficient (Wildman–Crippen LogP) is 4.04. The second kappa shape index (κ2) is 8.06. The number of nitrogens with zero attached hydrogens (tertiary/aromatic N) is 2. The number of halogens is 1. The minimum atomic E-state index is -1.09. The second-order valence-electron chi connectivity index (χ2n) is 6.88. The number of rotatable bonds is 2. The largest absolute Gasteiger partial charge is 0.384 e. The van der Waals surface area contributed by atoms with Crippen LogP contribution in [0.1, 0.15) is 18.1 Å². The molecule has 148 valence electrons. The molecule has 0 fully saturated rings. The third-order valence-corrected chi connectivity index (χ3v) is 4.89. The fraction of sp³-hybridized carbons (Fsp3) is 0.190. The van der Waals surface area contributed by atoms with Crippen molar-refractivity contribution < 1.29 is 9.90 Å². The van der Waals surface area contributed by atoms with Crippen molar-refractivity contribution in [3.8, 4) is 0 Å². The highest BCUT2D eigenvalue weighted by Gasteiger charge is 2.14. The Labute approximate surface area is 173 Å². The van der Waals surface area contributed by atoms with Crippen molar-refractivity contribution in [1.29, 1.82) is 0 Å². The summed E-state index contributed by atoms with van der Waals surface area (Å²) < 4.78 is 0. The first-order chi connectivity index (χ1) is 14.0. The minimum Gasteiger partial charge on any atom is -0.384 e. The summed E-state index contributed by atoms with van der Waals surface area (Å²) in [4.78, 5) is 20.7. The van der Waals surface area contributed by atoms with E-state index in [0.29, 0.717) is 28.9 Å². The van der Waals surface area contributed by atoms with Gasteiger partial charge in [-0.15, -0.1) is 0 Å². The van der Waals surface area contributed by atoms with E-state index in [1.165, 1.54) is 6.92 Å². The highest BCUT2D eigenvalue weighted by Crippen LogP contribution is 2.29. The molecule has 7 nitrogen and oxygen atoms in total. The van der Waals surface area contributed by atoms with E-state index in [2.05, 4.69) is 32.0 Å². The van der Waals surface area contributed by atoms with Crippen LogP contribution < -0.4 is 16.0 Å². The summed E-state index contributed by atoms with van der Waals surface area (Å²) in [5.41, 5.74) is 4.40. The lowest BCUT2D eigenvalue weighted by Gasteiger charge is -2.15. The van der Waals surface area contributed by atoms with Crippen LogP contribution in [0.2, 0.25) is 5.02 Å². The van der Waals surface area contributed by atoms with Crippen molar-refractivity contribution in [3.63, 3.8) is 0 Å². The maximum Gasteiger partial charge on any atom is 0.252 e. The van der Waals surface area contributed by atoms with E-state index in [4.69, 9.17) is 11.6 Å². The van der Waals surface area contributed by atoms with Crippen LogP contribution in [-0.2, 0) is 17.6 Å². The lowest BCUT2D eigenvalue weighted by molar-refractivity contribution is -0.123. The van der Waals surface area contributed by atoms with E-state index in [-0.39, 0.29) is 0 Å². The molecule has 4 N–H and O–H groups in total. The zero-order valence-corrected chi connectivity index (χ0v) is 16.5. The zero-order chi connectivity index (χ0) is 20.4. The maximum absolute atomic E-state index is 12.0. The third kappa shape index (κ3) is 4.47. The van der Waals surface area contributed by atoms with Crippen LogP contribution in [0.5, 0.6) is 0 Å². The molecule has 0 aliphatic carbocycles. The summed E-state index contributed by atoms with van der Waals surface area (Å²) >= 11 is 6.27. The number of nitrogens with one attached hydrogen (secondary N) is 3. The van der Waals surface area contributed by atoms with Gasteiger partial charge in [0.2, 0.25) is 5.95 Å². The van der Waals surface area contributed by atoms with Crippen LogP contribution in [0, 0.1) is 0 Å². The van der Waals surface area contributed by atoms with Crippen molar-refractivity contribution >= 4 is 46.3 Å². The number of aryl methyl sites for hydroxylation is 2. The van der Waals surface area contributed by atoms with E-state index < -0.39 is 12.0 Å². The smallest absolute Gasteiger partial charge is 0.252 e. The van der Waals surface area contributed by atoms with E-state index in [1.54, 1.807) is 6.20 Å². The molecule has 1 aliphatic heterocycles. The van der Waals surface area contributed by atoms with E-state index in [0.717, 1.165) is 28.9 Å². The number of benzene rings is 2. The summed E-state index contributed by atoms with van der Waals surface area (Å²) in [6, 6.07) is 13.6. The van der Waals surface area contributed by atoms with Gasteiger partial charge in [0, 0.05) is 17.1 Å². The molecule has 2 aromatic carbocycles. The van der Waals surface area contributed by atoms with Crippen LogP contribution in [0.3, 0.4) is 0 Å². The Kier molecular flexibility index (Phi) is 5.33. The average Bonchev–Trinajstić information content (AvgIpc) is 2.70. The normalized spacial score (nSPS) is 13.6. The molecular formula is C21H20ClN5O2. The van der Waals surface area contributed by atoms with Crippen LogP contribution in [0.4, 0.5) is 28.8 Å². The Morgan fingerprint density at radius 1 is 1.17 bits per heavy atom. The van der Waals surface area contributed by atoms with Gasteiger partial charge in [0.1, 0.15) is 11.1 Å². The van der Waals surface area contributed by atoms with Crippen molar-refractivity contribution in [2.75, 3.05) is 16.0 Å². The van der Waals surface area contributed by atoms with Gasteiger partial charge in [-0.05, 0) is 61.2 Å². The average molecular weight is 410 g/mol. The topological polar surface area (TPSA) is 99.2 Å². The Bertz CT molecular complexity index is 1070. The van der Waals surface area contributed by atoms with Gasteiger partial charge in [0.05, 0.1) is 6.20 Å². The molecule has 0 saturated heterocycles. The van der Waals surface area contributed by atoms with Gasteiger partial charge < -0.3 is 21.1 Å². The summed E-state index contributed by atoms with van der Waals surface area (Å²) in [7, 11) is 0. The molecule has 6 bridgehead atoms. The molecule has 29 heavy (non-hydrogen) atoms. The predicted molar refractivity (Wildman–Crippen MR) is 114 cm³/mol. The highest BCUT2D eigenvalue weighted by atomic mass is 35.5. The number of anilines is 5. The molecule has 2 heterocycles. The summed E-state index contributed by atoms with van der Waals surface area (Å²) in [6.45, 7) is 1.44. The van der Waals surface area contributed by atoms with Gasteiger partial charge in [-0.25, -0.2) is 4.98 Å². The first-order valence-corrected chi connectivity index (χ1v) is 9.63. The second-order valence-corrected chi connectivity index (χ2v) is 7.28. The fourth-order valence-electron chi connectivity index (χ4n) is 3.10. The van der Waals surface area contributed by atoms with Crippen LogP contribution in [0.15, 0.2) is 48.7 Å². The molecule has 3 aromatic rings. The molecule has 0 spiro atoms. The van der Waals surface area contributed by atoms with Crippen molar-refractivity contribution in [2.24, 2.45) is 0 Å². The minimum absolute atomic E-state index is 0.396. The summed E-state index contributed by atoms with van der Waals surface area (Å²) in [5, 5.41) is 19.1. The van der Waals surface area contributed by atoms with Crippen LogP contribution in [-0.4, -0.2) is 27.1 Å². The van der Waals surface area contributed by atoms with Gasteiger partial charge in [-0.3, -0.25) is 4.79 Å². The number of hydrogen-bond donors (Lipinski definition) is 4. The molecule has 1 aromatic heterocycles. The molecule has 0 unspecified atom stereocenters. The quantitative estimate of drug-likeness (QED) is 0.510. The van der Waals surface area contributed by atoms with Crippen LogP contribution in [0.25, 0.3) is 0 Å². The Hall–Kier alpha value is -3.16. The number of carbonyl (C=O) groups excluding carboxylic acids is 1. The molecule has 4 rings (SSSR count). The highest BCUT2D eigenvalue weighted by molar-refractivity contribution is 6.32. The standard InChI is InChI=1S/C21H20ClN5O2/c1-12(28)20(29)26-18-8-7-16-10-14(18)6-5-13-3-2-4-15(9-13)25-21-23-11-17(22)19(24-16)27-21/h2-4,7-12,28H,5-6H2,1H3,(H,26,29)(H2,23,24,25,27)/t12-/m0/s1. The number of aromatic nitrogens is 2. The van der Waals surface area contributed by atoms with Gasteiger partial charge in [-0.1, -0.05) is 23.7 Å². The third-order valence-electron chi connectivity index (χ3n) is 4.62. The number of aliphatic hydroxyl groups is 1. The fourth-order valence-corrected chi connectivity index (χ4v) is 3.24. The Balaban J connectivity index is 1.77. The van der Waals surface area contributed by atoms with Crippen LogP contribution >= 0.6 is 11.6 Å². The number of hydrogen-bond acceptors (Lipinski definition) is 6. The number of carbonyl (C=O) groups is 1. The van der Waals surface area contributed by atoms with Crippen molar-refractivity contribution in [2.45, 2.75) is 25.9 Å². The molecule has 8 heteroatoms. The Morgan fingerprint density at radius 3 is 2.83 bits per heavy atom. The lowest BCUT2D eigenvalue weighted by Crippen LogP contribution is -2.25. The number of fused-ring (bicyclic) bond motifs is 6. The molecular weight excluding hydrogens is 390 g/mol. The Morgan fingerprint density at radius 2 is 2.00 bits per heavy atom. The van der Waals surface area contributed by atoms with Gasteiger partial charge in [0.25, 0.3) is 5.91 Å². The lowest BCUT2D eigenvalue weighted by atomic mass is 10.0. The first-order valence-electron chi connectivity index (χ1n) is 9.25. The molecule has 1 amide bonds. The molecule has 1 aliphatic rings. The van der Waals surface area contributed by atoms with Gasteiger partial charge in [-0.2, -0.15) is 4.98 Å². The van der Waals surface area contributed by atoms with E-state index in [9.17, 15) is 9.90 Å². The van der Waals surface area contributed by atoms with Crippen molar-refractivity contribution in [1.82, 2.24) is 9.97 Å². The van der Waals surface area contributed by atoms with Gasteiger partial charge >= 0.3 is 0 Å². The summed E-state index contributed by atoms with van der Waals surface area (Å²) in [5.74, 6) is 0.472. The first kappa shape index (κ1) is 19.2. The summed E-state index contributed by atoms with van der Waals surface area (Å²) in [6.07, 6.45) is 1.93. The molecule has 0 radical (unpaired) electrons. The maximum atomic E-state index is 12.0. The molecule has 1 atom stereocenters. The van der Waals surface area contributed by atoms with E-state index >= 15 is 0 Å². The van der Waals surface area contributed by atoms with Crippen molar-refractivity contribution in [3.05, 3.63) is 64.8 Å². The SMILES string of the molecule is C[C@H](O)C(=O)Nc1ccc2cc1CCc1cccc(c1)Nc1ncc(Cl)c(n1)N2. The number of amides is 1. The zero-order valence-electron chi connectivity index (χ0n) is 15.7. The monoisotopic (exact) mass is 409 g/mol. The van der Waals surface area contributed by atoms with Gasteiger partial charge in [0.15, 0.2) is 5.82 Å². The number of aliphatic hydroxyl groups excluding tert-OH is 1.